The lowest BCUT2D eigenvalue weighted by atomic mass is 10.0. The molecule has 0 amide bonds. The summed E-state index contributed by atoms with van der Waals surface area (Å²) >= 11 is 2.43. The van der Waals surface area contributed by atoms with Crippen LogP contribution in [0, 0.1) is 10.1 Å². The van der Waals surface area contributed by atoms with Crippen molar-refractivity contribution >= 4 is 21.6 Å². The molecule has 100 valence electrons. The molecule has 0 aliphatic heterocycles. The topological polar surface area (TPSA) is 43.1 Å². The number of nitro groups is 1. The molecule has 0 radical (unpaired) electrons. The first-order chi connectivity index (χ1) is 7.96. The van der Waals surface area contributed by atoms with Crippen LogP contribution in [0.2, 0.25) is 0 Å². The third-order valence-electron chi connectivity index (χ3n) is 1.90. The van der Waals surface area contributed by atoms with Gasteiger partial charge in [0.25, 0.3) is 5.69 Å². The van der Waals surface area contributed by atoms with Crippen LogP contribution < -0.4 is 0 Å². The summed E-state index contributed by atoms with van der Waals surface area (Å²) in [5, 5.41) is 10.5. The summed E-state index contributed by atoms with van der Waals surface area (Å²) in [4.78, 5) is 8.96. The number of halogens is 7. The lowest BCUT2D eigenvalue weighted by Crippen LogP contribution is -2.18. The van der Waals surface area contributed by atoms with Gasteiger partial charge >= 0.3 is 12.4 Å². The molecule has 0 unspecified atom stereocenters. The van der Waals surface area contributed by atoms with Crippen LogP contribution in [0.25, 0.3) is 0 Å². The molecule has 0 bridgehead atoms. The van der Waals surface area contributed by atoms with Crippen molar-refractivity contribution < 1.29 is 31.3 Å². The average molecular weight is 338 g/mol. The van der Waals surface area contributed by atoms with Crippen LogP contribution in [-0.4, -0.2) is 4.92 Å². The van der Waals surface area contributed by atoms with Gasteiger partial charge < -0.3 is 0 Å². The minimum Gasteiger partial charge on any atom is -0.258 e. The standard InChI is InChI=1S/C8H2BrF6NO2/c9-4-2-1-3(7(10,11)12)5(8(13,14)15)6(4)16(17)18/h1-2H. The van der Waals surface area contributed by atoms with Crippen LogP contribution in [0.4, 0.5) is 32.0 Å². The largest absolute Gasteiger partial charge is 0.423 e. The summed E-state index contributed by atoms with van der Waals surface area (Å²) in [6.07, 6.45) is -10.8. The Bertz CT molecular complexity index is 496. The van der Waals surface area contributed by atoms with E-state index >= 15 is 0 Å². The molecule has 0 spiro atoms. The van der Waals surface area contributed by atoms with Gasteiger partial charge in [0.2, 0.25) is 0 Å². The van der Waals surface area contributed by atoms with Crippen LogP contribution in [0.5, 0.6) is 0 Å². The van der Waals surface area contributed by atoms with Gasteiger partial charge in [0.05, 0.1) is 15.0 Å². The monoisotopic (exact) mass is 337 g/mol. The molecule has 0 aliphatic carbocycles. The van der Waals surface area contributed by atoms with E-state index in [2.05, 4.69) is 15.9 Å². The summed E-state index contributed by atoms with van der Waals surface area (Å²) in [6, 6.07) is 0.691. The number of nitrogens with zero attached hydrogens (tertiary/aromatic N) is 1. The van der Waals surface area contributed by atoms with Crippen LogP contribution >= 0.6 is 15.9 Å². The summed E-state index contributed by atoms with van der Waals surface area (Å²) in [5.74, 6) is 0. The molecule has 0 saturated heterocycles. The maximum Gasteiger partial charge on any atom is 0.423 e. The number of benzene rings is 1. The van der Waals surface area contributed by atoms with Gasteiger partial charge in [-0.2, -0.15) is 26.3 Å². The van der Waals surface area contributed by atoms with Crippen molar-refractivity contribution in [2.24, 2.45) is 0 Å². The molecule has 10 heteroatoms. The van der Waals surface area contributed by atoms with E-state index < -0.39 is 38.6 Å². The smallest absolute Gasteiger partial charge is 0.258 e. The summed E-state index contributed by atoms with van der Waals surface area (Å²) in [6.45, 7) is 0. The molecule has 0 fully saturated rings. The van der Waals surface area contributed by atoms with E-state index in [4.69, 9.17) is 0 Å². The Kier molecular flexibility index (Phi) is 3.61. The van der Waals surface area contributed by atoms with Gasteiger partial charge in [-0.05, 0) is 28.1 Å². The first-order valence-electron chi connectivity index (χ1n) is 4.07. The van der Waals surface area contributed by atoms with E-state index in [1.807, 2.05) is 0 Å². The quantitative estimate of drug-likeness (QED) is 0.433. The molecule has 0 aromatic heterocycles. The molecule has 0 atom stereocenters. The first-order valence-corrected chi connectivity index (χ1v) is 4.87. The maximum atomic E-state index is 12.6. The molecule has 0 aliphatic rings. The highest BCUT2D eigenvalue weighted by atomic mass is 79.9. The third-order valence-corrected chi connectivity index (χ3v) is 2.54. The van der Waals surface area contributed by atoms with Gasteiger partial charge in [-0.3, -0.25) is 10.1 Å². The zero-order valence-corrected chi connectivity index (χ0v) is 9.65. The van der Waals surface area contributed by atoms with Crippen LogP contribution in [0.3, 0.4) is 0 Å². The lowest BCUT2D eigenvalue weighted by molar-refractivity contribution is -0.389. The fraction of sp³-hybridized carbons (Fsp3) is 0.250. The normalized spacial score (nSPS) is 12.6. The van der Waals surface area contributed by atoms with Crippen LogP contribution in [-0.2, 0) is 12.4 Å². The predicted octanol–water partition coefficient (Wildman–Crippen LogP) is 4.39. The molecular formula is C8H2BrF6NO2. The van der Waals surface area contributed by atoms with Crippen LogP contribution in [0.1, 0.15) is 11.1 Å². The van der Waals surface area contributed by atoms with Crippen molar-refractivity contribution in [1.29, 1.82) is 0 Å². The molecule has 1 aromatic rings. The van der Waals surface area contributed by atoms with Gasteiger partial charge in [-0.1, -0.05) is 0 Å². The summed E-state index contributed by atoms with van der Waals surface area (Å²) < 4.78 is 74.2. The molecular weight excluding hydrogens is 336 g/mol. The second-order valence-electron chi connectivity index (χ2n) is 3.07. The Morgan fingerprint density at radius 2 is 1.56 bits per heavy atom. The van der Waals surface area contributed by atoms with Gasteiger partial charge in [0.1, 0.15) is 5.56 Å². The Hall–Kier alpha value is -1.32. The number of nitro benzene ring substituents is 1. The second-order valence-corrected chi connectivity index (χ2v) is 3.93. The van der Waals surface area contributed by atoms with Gasteiger partial charge in [0, 0.05) is 0 Å². The predicted molar refractivity (Wildman–Crippen MR) is 50.8 cm³/mol. The molecule has 1 rings (SSSR count). The van der Waals surface area contributed by atoms with Crippen molar-refractivity contribution in [3.8, 4) is 0 Å². The molecule has 1 aromatic carbocycles. The number of hydrogen-bond donors (Lipinski definition) is 0. The third kappa shape index (κ3) is 2.74. The van der Waals surface area contributed by atoms with Gasteiger partial charge in [-0.25, -0.2) is 0 Å². The molecule has 0 heterocycles. The Morgan fingerprint density at radius 3 is 1.89 bits per heavy atom. The highest BCUT2D eigenvalue weighted by Crippen LogP contribution is 2.47. The van der Waals surface area contributed by atoms with E-state index in [9.17, 15) is 36.5 Å². The Labute approximate surface area is 104 Å². The first kappa shape index (κ1) is 14.7. The van der Waals surface area contributed by atoms with E-state index in [0.717, 1.165) is 0 Å². The van der Waals surface area contributed by atoms with Crippen molar-refractivity contribution in [3.63, 3.8) is 0 Å². The minimum atomic E-state index is -5.49. The van der Waals surface area contributed by atoms with Crippen molar-refractivity contribution in [2.45, 2.75) is 12.4 Å². The zero-order chi connectivity index (χ0) is 14.3. The van der Waals surface area contributed by atoms with E-state index in [1.165, 1.54) is 0 Å². The fourth-order valence-electron chi connectivity index (χ4n) is 1.27. The molecule has 3 nitrogen and oxygen atoms in total. The Morgan fingerprint density at radius 1 is 1.06 bits per heavy atom. The van der Waals surface area contributed by atoms with E-state index in [0.29, 0.717) is 6.07 Å². The number of rotatable bonds is 1. The zero-order valence-electron chi connectivity index (χ0n) is 8.06. The number of alkyl halides is 6. The van der Waals surface area contributed by atoms with E-state index in [1.54, 1.807) is 0 Å². The van der Waals surface area contributed by atoms with Crippen molar-refractivity contribution in [1.82, 2.24) is 0 Å². The SMILES string of the molecule is O=[N+]([O-])c1c(Br)ccc(C(F)(F)F)c1C(F)(F)F. The minimum absolute atomic E-state index is 0.139. The second kappa shape index (κ2) is 4.41. The molecule has 18 heavy (non-hydrogen) atoms. The highest BCUT2D eigenvalue weighted by molar-refractivity contribution is 9.10. The Balaban J connectivity index is 3.78. The maximum absolute atomic E-state index is 12.6. The fourth-order valence-corrected chi connectivity index (χ4v) is 1.74. The molecule has 0 N–H and O–H groups in total. The average Bonchev–Trinajstić information content (AvgIpc) is 2.12. The van der Waals surface area contributed by atoms with Crippen molar-refractivity contribution in [3.05, 3.63) is 37.8 Å². The van der Waals surface area contributed by atoms with Gasteiger partial charge in [0.15, 0.2) is 0 Å². The molecule has 0 saturated carbocycles. The number of hydrogen-bond acceptors (Lipinski definition) is 2. The highest BCUT2D eigenvalue weighted by Gasteiger charge is 2.49. The van der Waals surface area contributed by atoms with Crippen LogP contribution in [0.15, 0.2) is 16.6 Å². The van der Waals surface area contributed by atoms with Gasteiger partial charge in [-0.15, -0.1) is 0 Å². The summed E-state index contributed by atoms with van der Waals surface area (Å²) in [7, 11) is 0. The summed E-state index contributed by atoms with van der Waals surface area (Å²) in [5.41, 5.74) is -6.06. The van der Waals surface area contributed by atoms with Crippen molar-refractivity contribution in [2.75, 3.05) is 0 Å². The lowest BCUT2D eigenvalue weighted by Gasteiger charge is -2.15. The van der Waals surface area contributed by atoms with E-state index in [-0.39, 0.29) is 6.07 Å².